The zero-order chi connectivity index (χ0) is 12.1. The highest BCUT2D eigenvalue weighted by Crippen LogP contribution is 2.38. The number of hydrogen-bond acceptors (Lipinski definition) is 0. The smallest absolute Gasteiger partial charge is 0.191 e. The van der Waals surface area contributed by atoms with Crippen LogP contribution in [0, 0.1) is 0 Å². The molecular formula is C9H12F5I. The van der Waals surface area contributed by atoms with Gasteiger partial charge in [-0.15, -0.1) is 0 Å². The first kappa shape index (κ1) is 15.1. The predicted octanol–water partition coefficient (Wildman–Crippen LogP) is 5.08. The lowest BCUT2D eigenvalue weighted by molar-refractivity contribution is -0.259. The second kappa shape index (κ2) is 6.00. The summed E-state index contributed by atoms with van der Waals surface area (Å²) in [5, 5.41) is 0. The molecule has 0 aliphatic rings. The average Bonchev–Trinajstić information content (AvgIpc) is 2.01. The molecule has 0 aromatic rings. The molecule has 0 spiro atoms. The van der Waals surface area contributed by atoms with E-state index >= 15 is 0 Å². The van der Waals surface area contributed by atoms with Crippen molar-refractivity contribution < 1.29 is 22.0 Å². The molecule has 90 valence electrons. The highest BCUT2D eigenvalue weighted by Gasteiger charge is 2.55. The fraction of sp³-hybridized carbons (Fsp3) is 0.778. The van der Waals surface area contributed by atoms with Gasteiger partial charge < -0.3 is 0 Å². The number of unbranched alkanes of at least 4 members (excludes halogenated alkanes) is 2. The van der Waals surface area contributed by atoms with Crippen LogP contribution in [0.25, 0.3) is 0 Å². The van der Waals surface area contributed by atoms with Crippen molar-refractivity contribution in [3.05, 3.63) is 9.66 Å². The second-order valence-electron chi connectivity index (χ2n) is 3.17. The maximum atomic E-state index is 12.5. The normalized spacial score (nSPS) is 14.5. The SMILES string of the molecule is CCCCC/C(I)=C/C(F)(F)C(F)(F)F. The van der Waals surface area contributed by atoms with E-state index in [4.69, 9.17) is 0 Å². The lowest BCUT2D eigenvalue weighted by Gasteiger charge is -2.16. The van der Waals surface area contributed by atoms with E-state index in [1.807, 2.05) is 6.92 Å². The van der Waals surface area contributed by atoms with Crippen molar-refractivity contribution in [2.75, 3.05) is 0 Å². The van der Waals surface area contributed by atoms with Gasteiger partial charge in [-0.3, -0.25) is 0 Å². The molecule has 0 N–H and O–H groups in total. The minimum Gasteiger partial charge on any atom is -0.191 e. The van der Waals surface area contributed by atoms with E-state index in [1.165, 1.54) is 22.6 Å². The summed E-state index contributed by atoms with van der Waals surface area (Å²) in [6.07, 6.45) is -2.84. The van der Waals surface area contributed by atoms with Crippen molar-refractivity contribution in [3.8, 4) is 0 Å². The maximum Gasteiger partial charge on any atom is 0.457 e. The summed E-state index contributed by atoms with van der Waals surface area (Å²) >= 11 is 1.53. The standard InChI is InChI=1S/C9H12F5I/c1-2-3-4-5-7(15)6-8(10,11)9(12,13)14/h6H,2-5H2,1H3/b7-6-. The molecule has 0 bridgehead atoms. The number of alkyl halides is 5. The molecule has 15 heavy (non-hydrogen) atoms. The van der Waals surface area contributed by atoms with Crippen LogP contribution in [0.3, 0.4) is 0 Å². The second-order valence-corrected chi connectivity index (χ2v) is 4.55. The van der Waals surface area contributed by atoms with Crippen LogP contribution in [0.15, 0.2) is 9.66 Å². The predicted molar refractivity (Wildman–Crippen MR) is 57.2 cm³/mol. The summed E-state index contributed by atoms with van der Waals surface area (Å²) in [6, 6.07) is 0. The van der Waals surface area contributed by atoms with Gasteiger partial charge in [-0.1, -0.05) is 19.8 Å². The molecule has 0 aromatic carbocycles. The van der Waals surface area contributed by atoms with E-state index < -0.39 is 12.1 Å². The Morgan fingerprint density at radius 1 is 1.13 bits per heavy atom. The van der Waals surface area contributed by atoms with E-state index in [9.17, 15) is 22.0 Å². The number of halogens is 6. The van der Waals surface area contributed by atoms with Crippen LogP contribution in [0.2, 0.25) is 0 Å². The molecule has 0 nitrogen and oxygen atoms in total. The molecule has 6 heteroatoms. The van der Waals surface area contributed by atoms with Crippen LogP contribution in [0.1, 0.15) is 32.6 Å². The largest absolute Gasteiger partial charge is 0.457 e. The van der Waals surface area contributed by atoms with Gasteiger partial charge in [-0.05, 0) is 39.0 Å². The lowest BCUT2D eigenvalue weighted by atomic mass is 10.2. The number of rotatable bonds is 5. The van der Waals surface area contributed by atoms with E-state index in [1.54, 1.807) is 0 Å². The van der Waals surface area contributed by atoms with Crippen LogP contribution < -0.4 is 0 Å². The Morgan fingerprint density at radius 2 is 1.67 bits per heavy atom. The first-order valence-electron chi connectivity index (χ1n) is 4.52. The van der Waals surface area contributed by atoms with Gasteiger partial charge in [0.1, 0.15) is 0 Å². The quantitative estimate of drug-likeness (QED) is 0.371. The molecule has 0 aliphatic carbocycles. The first-order chi connectivity index (χ1) is 6.70. The lowest BCUT2D eigenvalue weighted by Crippen LogP contribution is -2.34. The summed E-state index contributed by atoms with van der Waals surface area (Å²) in [5.74, 6) is -4.71. The van der Waals surface area contributed by atoms with Crippen LogP contribution in [0.4, 0.5) is 22.0 Å². The molecule has 0 aromatic heterocycles. The molecule has 0 fully saturated rings. The maximum absolute atomic E-state index is 12.5. The van der Waals surface area contributed by atoms with Crippen LogP contribution in [-0.2, 0) is 0 Å². The Kier molecular flexibility index (Phi) is 6.05. The molecule has 0 amide bonds. The van der Waals surface area contributed by atoms with E-state index in [2.05, 4.69) is 0 Å². The number of hydrogen-bond donors (Lipinski definition) is 0. The minimum absolute atomic E-state index is 0.00319. The van der Waals surface area contributed by atoms with Crippen molar-refractivity contribution in [2.24, 2.45) is 0 Å². The van der Waals surface area contributed by atoms with E-state index in [-0.39, 0.29) is 16.1 Å². The van der Waals surface area contributed by atoms with Gasteiger partial charge in [0.25, 0.3) is 0 Å². The van der Waals surface area contributed by atoms with Crippen LogP contribution in [-0.4, -0.2) is 12.1 Å². The van der Waals surface area contributed by atoms with Gasteiger partial charge in [0.05, 0.1) is 0 Å². The Hall–Kier alpha value is 0.120. The Labute approximate surface area is 99.1 Å². The van der Waals surface area contributed by atoms with Crippen LogP contribution in [0.5, 0.6) is 0 Å². The molecular weight excluding hydrogens is 330 g/mol. The molecule has 0 rings (SSSR count). The van der Waals surface area contributed by atoms with Gasteiger partial charge in [0, 0.05) is 6.08 Å². The van der Waals surface area contributed by atoms with Crippen molar-refractivity contribution in [1.82, 2.24) is 0 Å². The van der Waals surface area contributed by atoms with E-state index in [0.29, 0.717) is 6.42 Å². The topological polar surface area (TPSA) is 0 Å². The highest BCUT2D eigenvalue weighted by atomic mass is 127. The van der Waals surface area contributed by atoms with Crippen molar-refractivity contribution in [2.45, 2.75) is 44.7 Å². The number of allylic oxidation sites excluding steroid dienone is 2. The third kappa shape index (κ3) is 5.67. The highest BCUT2D eigenvalue weighted by molar-refractivity contribution is 14.1. The van der Waals surface area contributed by atoms with Gasteiger partial charge in [-0.2, -0.15) is 22.0 Å². The van der Waals surface area contributed by atoms with Crippen molar-refractivity contribution in [1.29, 1.82) is 0 Å². The van der Waals surface area contributed by atoms with Gasteiger partial charge in [0.15, 0.2) is 0 Å². The fourth-order valence-electron chi connectivity index (χ4n) is 0.895. The molecule has 0 unspecified atom stereocenters. The Bertz CT molecular complexity index is 219. The summed E-state index contributed by atoms with van der Waals surface area (Å²) in [5.41, 5.74) is 0. The molecule has 0 aliphatic heterocycles. The Balaban J connectivity index is 4.33. The zero-order valence-electron chi connectivity index (χ0n) is 8.17. The van der Waals surface area contributed by atoms with Gasteiger partial charge >= 0.3 is 12.1 Å². The van der Waals surface area contributed by atoms with Crippen molar-refractivity contribution in [3.63, 3.8) is 0 Å². The first-order valence-corrected chi connectivity index (χ1v) is 5.60. The summed E-state index contributed by atoms with van der Waals surface area (Å²) in [6.45, 7) is 1.93. The van der Waals surface area contributed by atoms with Crippen LogP contribution >= 0.6 is 22.6 Å². The average molecular weight is 342 g/mol. The molecule has 0 saturated carbocycles. The van der Waals surface area contributed by atoms with Gasteiger partial charge in [-0.25, -0.2) is 0 Å². The van der Waals surface area contributed by atoms with Crippen molar-refractivity contribution >= 4 is 22.6 Å². The summed E-state index contributed by atoms with van der Waals surface area (Å²) < 4.78 is 60.4. The monoisotopic (exact) mass is 342 g/mol. The summed E-state index contributed by atoms with van der Waals surface area (Å²) in [4.78, 5) is 0. The summed E-state index contributed by atoms with van der Waals surface area (Å²) in [7, 11) is 0. The fourth-order valence-corrected chi connectivity index (χ4v) is 1.67. The third-order valence-corrected chi connectivity index (χ3v) is 2.59. The molecule has 0 atom stereocenters. The van der Waals surface area contributed by atoms with Gasteiger partial charge in [0.2, 0.25) is 0 Å². The molecule has 0 radical (unpaired) electrons. The molecule has 0 saturated heterocycles. The van der Waals surface area contributed by atoms with E-state index in [0.717, 1.165) is 12.8 Å². The molecule has 0 heterocycles. The zero-order valence-corrected chi connectivity index (χ0v) is 10.3. The third-order valence-electron chi connectivity index (χ3n) is 1.74. The Morgan fingerprint density at radius 3 is 2.07 bits per heavy atom. The minimum atomic E-state index is -5.49.